The molecule has 0 bridgehead atoms. The maximum atomic E-state index is 6.08. The average molecular weight is 331 g/mol. The van der Waals surface area contributed by atoms with Gasteiger partial charge < -0.3 is 10.1 Å². The molecule has 5 heteroatoms. The predicted octanol–water partition coefficient (Wildman–Crippen LogP) is 5.53. The highest BCUT2D eigenvalue weighted by Crippen LogP contribution is 2.25. The van der Waals surface area contributed by atoms with Crippen LogP contribution in [-0.4, -0.2) is 12.6 Å². The second kappa shape index (κ2) is 7.07. The van der Waals surface area contributed by atoms with Gasteiger partial charge in [0, 0.05) is 10.0 Å². The first-order valence-corrected chi connectivity index (χ1v) is 7.29. The van der Waals surface area contributed by atoms with Crippen molar-refractivity contribution in [1.29, 1.82) is 0 Å². The van der Waals surface area contributed by atoms with Gasteiger partial charge in [-0.2, -0.15) is 0 Å². The van der Waals surface area contributed by atoms with E-state index in [2.05, 4.69) is 5.32 Å². The van der Waals surface area contributed by atoms with Crippen molar-refractivity contribution >= 4 is 40.5 Å². The maximum Gasteiger partial charge on any atom is 0.119 e. The third-order valence-corrected chi connectivity index (χ3v) is 3.48. The van der Waals surface area contributed by atoms with Crippen LogP contribution in [0, 0.1) is 0 Å². The van der Waals surface area contributed by atoms with E-state index < -0.39 is 0 Å². The molecule has 2 aromatic rings. The van der Waals surface area contributed by atoms with E-state index in [-0.39, 0.29) is 6.10 Å². The third-order valence-electron chi connectivity index (χ3n) is 2.66. The Labute approximate surface area is 133 Å². The zero-order valence-electron chi connectivity index (χ0n) is 10.9. The van der Waals surface area contributed by atoms with Crippen molar-refractivity contribution in [3.8, 4) is 5.75 Å². The maximum absolute atomic E-state index is 6.08. The van der Waals surface area contributed by atoms with Crippen molar-refractivity contribution in [2.24, 2.45) is 0 Å². The van der Waals surface area contributed by atoms with Gasteiger partial charge in [-0.25, -0.2) is 0 Å². The molecule has 0 saturated heterocycles. The van der Waals surface area contributed by atoms with Gasteiger partial charge in [-0.05, 0) is 49.4 Å². The molecule has 0 aliphatic heterocycles. The van der Waals surface area contributed by atoms with Gasteiger partial charge in [0.15, 0.2) is 0 Å². The molecule has 0 saturated carbocycles. The molecule has 2 nitrogen and oxygen atoms in total. The minimum atomic E-state index is -0.0220. The fraction of sp³-hybridized carbons (Fsp3) is 0.200. The largest absolute Gasteiger partial charge is 0.489 e. The average Bonchev–Trinajstić information content (AvgIpc) is 2.42. The highest BCUT2D eigenvalue weighted by molar-refractivity contribution is 6.35. The minimum absolute atomic E-state index is 0.0220. The molecule has 0 aliphatic rings. The molecule has 1 unspecified atom stereocenters. The Morgan fingerprint density at radius 1 is 1.00 bits per heavy atom. The molecule has 20 heavy (non-hydrogen) atoms. The van der Waals surface area contributed by atoms with Crippen LogP contribution in [0.1, 0.15) is 6.92 Å². The van der Waals surface area contributed by atoms with Gasteiger partial charge in [0.25, 0.3) is 0 Å². The van der Waals surface area contributed by atoms with Crippen LogP contribution in [-0.2, 0) is 0 Å². The molecule has 0 aromatic heterocycles. The highest BCUT2D eigenvalue weighted by atomic mass is 35.5. The first kappa shape index (κ1) is 15.3. The Kier molecular flexibility index (Phi) is 5.41. The lowest BCUT2D eigenvalue weighted by molar-refractivity contribution is 0.235. The first-order chi connectivity index (χ1) is 9.54. The molecule has 0 fully saturated rings. The summed E-state index contributed by atoms with van der Waals surface area (Å²) in [5, 5.41) is 5.18. The van der Waals surface area contributed by atoms with Crippen LogP contribution in [0.2, 0.25) is 15.1 Å². The lowest BCUT2D eigenvalue weighted by atomic mass is 10.3. The fourth-order valence-corrected chi connectivity index (χ4v) is 2.16. The highest BCUT2D eigenvalue weighted by Gasteiger charge is 2.06. The summed E-state index contributed by atoms with van der Waals surface area (Å²) in [5.41, 5.74) is 0.797. The lowest BCUT2D eigenvalue weighted by Crippen LogP contribution is -2.22. The number of ether oxygens (including phenoxy) is 1. The van der Waals surface area contributed by atoms with Crippen LogP contribution in [0.3, 0.4) is 0 Å². The van der Waals surface area contributed by atoms with Crippen LogP contribution < -0.4 is 10.1 Å². The molecule has 1 atom stereocenters. The van der Waals surface area contributed by atoms with Gasteiger partial charge in [-0.3, -0.25) is 0 Å². The normalized spacial score (nSPS) is 12.0. The third kappa shape index (κ3) is 4.48. The second-order valence-electron chi connectivity index (χ2n) is 4.39. The number of rotatable bonds is 5. The molecule has 0 heterocycles. The van der Waals surface area contributed by atoms with Gasteiger partial charge in [0.1, 0.15) is 11.9 Å². The smallest absolute Gasteiger partial charge is 0.119 e. The van der Waals surface area contributed by atoms with Crippen LogP contribution in [0.4, 0.5) is 5.69 Å². The van der Waals surface area contributed by atoms with Gasteiger partial charge in [0.05, 0.1) is 17.3 Å². The molecule has 1 N–H and O–H groups in total. The molecular formula is C15H14Cl3NO. The summed E-state index contributed by atoms with van der Waals surface area (Å²) >= 11 is 17.8. The number of nitrogens with one attached hydrogen (secondary N) is 1. The summed E-state index contributed by atoms with van der Waals surface area (Å²) in [7, 11) is 0. The lowest BCUT2D eigenvalue weighted by Gasteiger charge is -2.17. The van der Waals surface area contributed by atoms with Crippen LogP contribution >= 0.6 is 34.8 Å². The molecule has 0 spiro atoms. The number of halogens is 3. The van der Waals surface area contributed by atoms with E-state index in [4.69, 9.17) is 39.5 Å². The molecular weight excluding hydrogens is 317 g/mol. The van der Waals surface area contributed by atoms with E-state index >= 15 is 0 Å². The zero-order valence-corrected chi connectivity index (χ0v) is 13.1. The van der Waals surface area contributed by atoms with Crippen molar-refractivity contribution in [2.45, 2.75) is 13.0 Å². The van der Waals surface area contributed by atoms with Crippen LogP contribution in [0.25, 0.3) is 0 Å². The molecule has 0 amide bonds. The van der Waals surface area contributed by atoms with Gasteiger partial charge in [-0.1, -0.05) is 34.8 Å². The second-order valence-corrected chi connectivity index (χ2v) is 5.67. The van der Waals surface area contributed by atoms with Crippen molar-refractivity contribution in [2.75, 3.05) is 11.9 Å². The summed E-state index contributed by atoms with van der Waals surface area (Å²) in [6.45, 7) is 2.59. The monoisotopic (exact) mass is 329 g/mol. The number of benzene rings is 2. The Balaban J connectivity index is 1.90. The minimum Gasteiger partial charge on any atom is -0.489 e. The molecule has 106 valence electrons. The topological polar surface area (TPSA) is 21.3 Å². The summed E-state index contributed by atoms with van der Waals surface area (Å²) in [6, 6.07) is 12.6. The van der Waals surface area contributed by atoms with E-state index in [9.17, 15) is 0 Å². The van der Waals surface area contributed by atoms with Crippen molar-refractivity contribution in [1.82, 2.24) is 0 Å². The molecule has 0 radical (unpaired) electrons. The number of anilines is 1. The molecule has 2 aromatic carbocycles. The van der Waals surface area contributed by atoms with Crippen molar-refractivity contribution < 1.29 is 4.74 Å². The SMILES string of the molecule is CC(CNc1cc(Cl)ccc1Cl)Oc1ccc(Cl)cc1. The Morgan fingerprint density at radius 2 is 1.65 bits per heavy atom. The van der Waals surface area contributed by atoms with Crippen LogP contribution in [0.15, 0.2) is 42.5 Å². The summed E-state index contributed by atoms with van der Waals surface area (Å²) in [6.07, 6.45) is -0.0220. The van der Waals surface area contributed by atoms with Gasteiger partial charge >= 0.3 is 0 Å². The van der Waals surface area contributed by atoms with Crippen molar-refractivity contribution in [3.63, 3.8) is 0 Å². The summed E-state index contributed by atoms with van der Waals surface area (Å²) in [4.78, 5) is 0. The zero-order chi connectivity index (χ0) is 14.5. The van der Waals surface area contributed by atoms with E-state index in [1.54, 1.807) is 30.3 Å². The van der Waals surface area contributed by atoms with Crippen molar-refractivity contribution in [3.05, 3.63) is 57.5 Å². The molecule has 0 aliphatic carbocycles. The Bertz CT molecular complexity index is 572. The standard InChI is InChI=1S/C15H14Cl3NO/c1-10(20-13-5-2-11(16)3-6-13)9-19-15-8-12(17)4-7-14(15)18/h2-8,10,19H,9H2,1H3. The summed E-state index contributed by atoms with van der Waals surface area (Å²) in [5.74, 6) is 0.779. The van der Waals surface area contributed by atoms with Crippen LogP contribution in [0.5, 0.6) is 5.75 Å². The van der Waals surface area contributed by atoms with E-state index in [0.29, 0.717) is 21.6 Å². The fourth-order valence-electron chi connectivity index (χ4n) is 1.67. The van der Waals surface area contributed by atoms with E-state index in [1.807, 2.05) is 19.1 Å². The first-order valence-electron chi connectivity index (χ1n) is 6.16. The van der Waals surface area contributed by atoms with Gasteiger partial charge in [-0.15, -0.1) is 0 Å². The molecule has 2 rings (SSSR count). The van der Waals surface area contributed by atoms with Gasteiger partial charge in [0.2, 0.25) is 0 Å². The predicted molar refractivity (Wildman–Crippen MR) is 86.5 cm³/mol. The quantitative estimate of drug-likeness (QED) is 0.778. The van der Waals surface area contributed by atoms with E-state index in [0.717, 1.165) is 11.4 Å². The number of hydrogen-bond acceptors (Lipinski definition) is 2. The number of hydrogen-bond donors (Lipinski definition) is 1. The summed E-state index contributed by atoms with van der Waals surface area (Å²) < 4.78 is 5.76. The van der Waals surface area contributed by atoms with E-state index in [1.165, 1.54) is 0 Å². The Morgan fingerprint density at radius 3 is 2.35 bits per heavy atom. The Hall–Kier alpha value is -1.09.